The third-order valence-corrected chi connectivity index (χ3v) is 5.44. The number of nitrogens with zero attached hydrogens (tertiary/aromatic N) is 1. The largest absolute Gasteiger partial charge is 0.349 e. The molecule has 0 saturated carbocycles. The van der Waals surface area contributed by atoms with E-state index in [4.69, 9.17) is 11.6 Å². The van der Waals surface area contributed by atoms with Crippen molar-refractivity contribution in [2.24, 2.45) is 0 Å². The van der Waals surface area contributed by atoms with E-state index in [0.29, 0.717) is 23.7 Å². The topological polar surface area (TPSA) is 49.4 Å². The SMILES string of the molecule is CC(C)(C)c1ccc(C(=O)N2CCC(NC(=O)c3cccc(Cl)c3)CC2)cc1. The Morgan fingerprint density at radius 3 is 2.21 bits per heavy atom. The van der Waals surface area contributed by atoms with Crippen LogP contribution in [0.25, 0.3) is 0 Å². The van der Waals surface area contributed by atoms with Gasteiger partial charge in [0.2, 0.25) is 0 Å². The van der Waals surface area contributed by atoms with Crippen molar-refractivity contribution < 1.29 is 9.59 Å². The third kappa shape index (κ3) is 4.93. The van der Waals surface area contributed by atoms with Crippen LogP contribution in [0.1, 0.15) is 59.9 Å². The van der Waals surface area contributed by atoms with Gasteiger partial charge in [-0.3, -0.25) is 9.59 Å². The van der Waals surface area contributed by atoms with Crippen molar-refractivity contribution in [3.8, 4) is 0 Å². The van der Waals surface area contributed by atoms with Crippen LogP contribution >= 0.6 is 11.6 Å². The first-order chi connectivity index (χ1) is 13.2. The van der Waals surface area contributed by atoms with Crippen molar-refractivity contribution in [1.29, 1.82) is 0 Å². The molecule has 1 saturated heterocycles. The van der Waals surface area contributed by atoms with Gasteiger partial charge in [-0.25, -0.2) is 0 Å². The predicted molar refractivity (Wildman–Crippen MR) is 113 cm³/mol. The fourth-order valence-corrected chi connectivity index (χ4v) is 3.61. The van der Waals surface area contributed by atoms with Crippen LogP contribution in [0.5, 0.6) is 0 Å². The standard InChI is InChI=1S/C23H27ClN2O2/c1-23(2,3)18-9-7-16(8-10-18)22(28)26-13-11-20(12-14-26)25-21(27)17-5-4-6-19(24)15-17/h4-10,15,20H,11-14H2,1-3H3,(H,25,27). The van der Waals surface area contributed by atoms with Gasteiger partial charge in [0.25, 0.3) is 11.8 Å². The van der Waals surface area contributed by atoms with Crippen LogP contribution in [0.15, 0.2) is 48.5 Å². The maximum absolute atomic E-state index is 12.8. The van der Waals surface area contributed by atoms with Gasteiger partial charge in [-0.2, -0.15) is 0 Å². The second-order valence-electron chi connectivity index (χ2n) is 8.38. The summed E-state index contributed by atoms with van der Waals surface area (Å²) in [5, 5.41) is 3.60. The van der Waals surface area contributed by atoms with Crippen LogP contribution in [0.2, 0.25) is 5.02 Å². The van der Waals surface area contributed by atoms with Crippen LogP contribution in [0, 0.1) is 0 Å². The van der Waals surface area contributed by atoms with Gasteiger partial charge < -0.3 is 10.2 Å². The molecule has 2 aromatic rings. The number of carbonyl (C=O) groups excluding carboxylic acids is 2. The van der Waals surface area contributed by atoms with Gasteiger partial charge in [-0.15, -0.1) is 0 Å². The Morgan fingerprint density at radius 2 is 1.64 bits per heavy atom. The Bertz CT molecular complexity index is 848. The van der Waals surface area contributed by atoms with Gasteiger partial charge in [0.15, 0.2) is 0 Å². The summed E-state index contributed by atoms with van der Waals surface area (Å²) in [6.45, 7) is 7.76. The molecule has 0 radical (unpaired) electrons. The molecule has 1 fully saturated rings. The maximum Gasteiger partial charge on any atom is 0.253 e. The van der Waals surface area contributed by atoms with Crippen LogP contribution in [0.4, 0.5) is 0 Å². The number of amides is 2. The Hall–Kier alpha value is -2.33. The summed E-state index contributed by atoms with van der Waals surface area (Å²) in [5.74, 6) is -0.0647. The zero-order chi connectivity index (χ0) is 20.3. The smallest absolute Gasteiger partial charge is 0.253 e. The average molecular weight is 399 g/mol. The van der Waals surface area contributed by atoms with Crippen molar-refractivity contribution in [2.45, 2.75) is 45.1 Å². The Kier molecular flexibility index (Phi) is 6.09. The summed E-state index contributed by atoms with van der Waals surface area (Å²) >= 11 is 5.95. The highest BCUT2D eigenvalue weighted by Crippen LogP contribution is 2.23. The number of hydrogen-bond donors (Lipinski definition) is 1. The highest BCUT2D eigenvalue weighted by molar-refractivity contribution is 6.30. The molecule has 1 aliphatic rings. The molecule has 0 unspecified atom stereocenters. The first-order valence-corrected chi connectivity index (χ1v) is 10.1. The molecule has 1 N–H and O–H groups in total. The van der Waals surface area contributed by atoms with Gasteiger partial charge >= 0.3 is 0 Å². The van der Waals surface area contributed by atoms with Crippen molar-refractivity contribution in [1.82, 2.24) is 10.2 Å². The zero-order valence-electron chi connectivity index (χ0n) is 16.7. The second kappa shape index (κ2) is 8.36. The summed E-state index contributed by atoms with van der Waals surface area (Å²) in [5.41, 5.74) is 2.56. The fourth-order valence-electron chi connectivity index (χ4n) is 3.42. The van der Waals surface area contributed by atoms with Crippen molar-refractivity contribution in [3.05, 3.63) is 70.2 Å². The van der Waals surface area contributed by atoms with Gasteiger partial charge in [-0.05, 0) is 54.2 Å². The molecule has 0 spiro atoms. The molecule has 0 aliphatic carbocycles. The van der Waals surface area contributed by atoms with Crippen LogP contribution in [0.3, 0.4) is 0 Å². The molecule has 4 nitrogen and oxygen atoms in total. The van der Waals surface area contributed by atoms with Gasteiger partial charge in [0.1, 0.15) is 0 Å². The molecule has 5 heteroatoms. The molecular formula is C23H27ClN2O2. The predicted octanol–water partition coefficient (Wildman–Crippen LogP) is 4.67. The molecule has 3 rings (SSSR count). The first-order valence-electron chi connectivity index (χ1n) is 9.70. The molecular weight excluding hydrogens is 372 g/mol. The van der Waals surface area contributed by atoms with E-state index in [1.165, 1.54) is 5.56 Å². The zero-order valence-corrected chi connectivity index (χ0v) is 17.4. The number of nitrogens with one attached hydrogen (secondary N) is 1. The molecule has 2 amide bonds. The average Bonchev–Trinajstić information content (AvgIpc) is 2.67. The van der Waals surface area contributed by atoms with E-state index in [2.05, 4.69) is 26.1 Å². The van der Waals surface area contributed by atoms with Crippen molar-refractivity contribution >= 4 is 23.4 Å². The number of likely N-dealkylation sites (tertiary alicyclic amines) is 1. The summed E-state index contributed by atoms with van der Waals surface area (Å²) in [6, 6.07) is 14.9. The minimum Gasteiger partial charge on any atom is -0.349 e. The maximum atomic E-state index is 12.8. The summed E-state index contributed by atoms with van der Waals surface area (Å²) < 4.78 is 0. The lowest BCUT2D eigenvalue weighted by atomic mass is 9.86. The van der Waals surface area contributed by atoms with Crippen molar-refractivity contribution in [2.75, 3.05) is 13.1 Å². The molecule has 0 aromatic heterocycles. The first kappa shape index (κ1) is 20.4. The monoisotopic (exact) mass is 398 g/mol. The number of halogens is 1. The molecule has 0 atom stereocenters. The molecule has 28 heavy (non-hydrogen) atoms. The van der Waals surface area contributed by atoms with E-state index in [0.717, 1.165) is 18.4 Å². The van der Waals surface area contributed by atoms with E-state index < -0.39 is 0 Å². The Morgan fingerprint density at radius 1 is 1.00 bits per heavy atom. The number of rotatable bonds is 3. The number of piperidine rings is 1. The number of benzene rings is 2. The molecule has 0 bridgehead atoms. The summed E-state index contributed by atoms with van der Waals surface area (Å²) in [7, 11) is 0. The van der Waals surface area contributed by atoms with Crippen LogP contribution in [-0.4, -0.2) is 35.8 Å². The molecule has 1 aliphatic heterocycles. The lowest BCUT2D eigenvalue weighted by Crippen LogP contribution is -2.46. The van der Waals surface area contributed by atoms with Crippen LogP contribution < -0.4 is 5.32 Å². The van der Waals surface area contributed by atoms with E-state index in [9.17, 15) is 9.59 Å². The normalized spacial score (nSPS) is 15.4. The number of hydrogen-bond acceptors (Lipinski definition) is 2. The van der Waals surface area contributed by atoms with E-state index >= 15 is 0 Å². The Labute approximate surface area is 171 Å². The quantitative estimate of drug-likeness (QED) is 0.816. The Balaban J connectivity index is 1.54. The summed E-state index contributed by atoms with van der Waals surface area (Å²) in [6.07, 6.45) is 1.50. The molecule has 1 heterocycles. The van der Waals surface area contributed by atoms with Gasteiger partial charge in [-0.1, -0.05) is 50.6 Å². The minimum atomic E-state index is -0.120. The third-order valence-electron chi connectivity index (χ3n) is 5.20. The lowest BCUT2D eigenvalue weighted by Gasteiger charge is -2.32. The highest BCUT2D eigenvalue weighted by Gasteiger charge is 2.25. The van der Waals surface area contributed by atoms with Gasteiger partial charge in [0, 0.05) is 35.3 Å². The van der Waals surface area contributed by atoms with Crippen LogP contribution in [-0.2, 0) is 5.41 Å². The molecule has 2 aromatic carbocycles. The van der Waals surface area contributed by atoms with E-state index in [-0.39, 0.29) is 23.3 Å². The highest BCUT2D eigenvalue weighted by atomic mass is 35.5. The summed E-state index contributed by atoms with van der Waals surface area (Å²) in [4.78, 5) is 27.0. The van der Waals surface area contributed by atoms with E-state index in [1.807, 2.05) is 29.2 Å². The van der Waals surface area contributed by atoms with Gasteiger partial charge in [0.05, 0.1) is 0 Å². The van der Waals surface area contributed by atoms with Crippen molar-refractivity contribution in [3.63, 3.8) is 0 Å². The molecule has 148 valence electrons. The second-order valence-corrected chi connectivity index (χ2v) is 8.81. The van der Waals surface area contributed by atoms with E-state index in [1.54, 1.807) is 24.3 Å². The number of carbonyl (C=O) groups is 2. The minimum absolute atomic E-state index is 0.0556. The lowest BCUT2D eigenvalue weighted by molar-refractivity contribution is 0.0698. The fraction of sp³-hybridized carbons (Fsp3) is 0.391.